The van der Waals surface area contributed by atoms with Crippen LogP contribution in [0.2, 0.25) is 0 Å². The number of carbonyl (C=O) groups excluding carboxylic acids is 8. The van der Waals surface area contributed by atoms with Gasteiger partial charge in [0.15, 0.2) is 0 Å². The number of aromatic nitrogens is 6. The van der Waals surface area contributed by atoms with Crippen LogP contribution < -0.4 is 42.5 Å². The molecule has 4 aromatic carbocycles. The van der Waals surface area contributed by atoms with Gasteiger partial charge < -0.3 is 72.0 Å². The summed E-state index contributed by atoms with van der Waals surface area (Å²) in [6.45, 7) is 12.9. The Kier molecular flexibility index (Phi) is 24.2. The number of aliphatic carboxylic acids is 2. The van der Waals surface area contributed by atoms with E-state index in [1.165, 1.54) is 31.6 Å². The Labute approximate surface area is 579 Å². The van der Waals surface area contributed by atoms with Crippen LogP contribution in [0.5, 0.6) is 0 Å². The molecular weight excluding hydrogens is 1290 g/mol. The van der Waals surface area contributed by atoms with Crippen LogP contribution in [0, 0.1) is 10.8 Å². The third kappa shape index (κ3) is 18.5. The Hall–Kier alpha value is -9.78. The van der Waals surface area contributed by atoms with Crippen molar-refractivity contribution in [3.05, 3.63) is 120 Å². The highest BCUT2D eigenvalue weighted by Gasteiger charge is 2.50. The minimum Gasteiger partial charge on any atom is -0.480 e. The molecule has 0 aliphatic carbocycles. The Morgan fingerprint density at radius 1 is 0.520 bits per heavy atom. The van der Waals surface area contributed by atoms with Crippen LogP contribution in [0.4, 0.5) is 0 Å². The summed E-state index contributed by atoms with van der Waals surface area (Å²) in [5.74, 6) is -8.39. The first-order valence-electron chi connectivity index (χ1n) is 33.7. The SMILES string of the molecule is CN[C@@H](C)C(=O)N[C@H](C(=O)N1CC[C@H]2OCc3cn(nn3)CC[C@H](C(=O)O)NC(=O)[C@H](Cc3ccc4ccccc4c3)NC(=O)[C@@H]3[C@@H](CCN3C(=O)[C@@H](NC(=O)[C@H](C)NC)C(C)(C)C)OCc3cn(nn3)CC[C@H](C(=O)O)NC(=O)[C@H](Cc3ccc4ccccc4c3)NC(=O)[C@H]21)C(C)(C)C. The van der Waals surface area contributed by atoms with Crippen molar-refractivity contribution in [2.24, 2.45) is 10.8 Å². The minimum absolute atomic E-state index is 0.0406. The summed E-state index contributed by atoms with van der Waals surface area (Å²) in [7, 11) is 3.19. The summed E-state index contributed by atoms with van der Waals surface area (Å²) >= 11 is 0. The van der Waals surface area contributed by atoms with Gasteiger partial charge in [0.1, 0.15) is 59.7 Å². The molecule has 0 unspecified atom stereocenters. The standard InChI is InChI=1S/C70H92N16O14/c1-39(71-9)59(87)77-57(69(3,4)5)65(93)85-29-25-53-55(85)63(91)75-51(33-41-19-21-43-15-11-13-17-45(43)31-41)61(89)73-49(67(95)96)23-28-84-36-48(80-82-84)38-100-54-26-30-86(66(94)58(70(6,7)8)78-60(88)40(2)72-10)56(54)64(92)76-52(34-42-20-22-44-16-12-14-18-46(44)32-42)62(90)74-50(68(97)98)24-27-83-35-47(37-99-53)79-81-83/h11-22,31-32,35-36,39-40,49-58,71-72H,23-30,33-34,37-38H2,1-10H3,(H,73,89)(H,74,90)(H,75,91)(H,76,92)(H,77,87)(H,78,88)(H,95,96)(H,97,98)/t39-,40-,49+,50+,51-,52-,53+,54+,55-,56-,57+,58+/m0/s1. The van der Waals surface area contributed by atoms with Crippen LogP contribution in [0.15, 0.2) is 97.3 Å². The lowest BCUT2D eigenvalue weighted by atomic mass is 9.85. The Morgan fingerprint density at radius 3 is 1.24 bits per heavy atom. The summed E-state index contributed by atoms with van der Waals surface area (Å²) in [6.07, 6.45) is 0.205. The summed E-state index contributed by atoms with van der Waals surface area (Å²) in [4.78, 5) is 146. The molecule has 4 bridgehead atoms. The molecule has 9 rings (SSSR count). The number of carboxylic acids is 2. The molecule has 30 heteroatoms. The minimum atomic E-state index is -1.57. The van der Waals surface area contributed by atoms with Crippen molar-refractivity contribution in [3.63, 3.8) is 0 Å². The average Bonchev–Trinajstić information content (AvgIpc) is 1.29. The van der Waals surface area contributed by atoms with Crippen molar-refractivity contribution < 1.29 is 67.6 Å². The zero-order valence-electron chi connectivity index (χ0n) is 58.0. The number of benzene rings is 4. The molecule has 12 atom stereocenters. The van der Waals surface area contributed by atoms with Crippen LogP contribution in [-0.2, 0) is 96.6 Å². The van der Waals surface area contributed by atoms with Gasteiger partial charge >= 0.3 is 11.9 Å². The van der Waals surface area contributed by atoms with Crippen LogP contribution in [0.25, 0.3) is 21.5 Å². The second-order valence-corrected chi connectivity index (χ2v) is 28.1. The van der Waals surface area contributed by atoms with Gasteiger partial charge in [0.25, 0.3) is 0 Å². The lowest BCUT2D eigenvalue weighted by Gasteiger charge is -2.37. The first kappa shape index (κ1) is 74.4. The average molecular weight is 1380 g/mol. The number of rotatable bonds is 14. The fourth-order valence-corrected chi connectivity index (χ4v) is 12.5. The Morgan fingerprint density at radius 2 is 0.890 bits per heavy atom. The predicted molar refractivity (Wildman–Crippen MR) is 365 cm³/mol. The number of likely N-dealkylation sites (tertiary alicyclic amines) is 2. The normalized spacial score (nSPS) is 23.1. The van der Waals surface area contributed by atoms with E-state index >= 15 is 19.2 Å². The molecule has 3 aliphatic heterocycles. The van der Waals surface area contributed by atoms with E-state index in [9.17, 15) is 39.0 Å². The van der Waals surface area contributed by atoms with Gasteiger partial charge in [-0.2, -0.15) is 0 Å². The molecule has 2 saturated heterocycles. The maximum absolute atomic E-state index is 15.3. The third-order valence-electron chi connectivity index (χ3n) is 18.6. The zero-order chi connectivity index (χ0) is 72.3. The Bertz CT molecular complexity index is 3730. The lowest BCUT2D eigenvalue weighted by Crippen LogP contribution is -2.62. The van der Waals surface area contributed by atoms with Gasteiger partial charge in [-0.3, -0.25) is 47.7 Å². The second kappa shape index (κ2) is 32.5. The van der Waals surface area contributed by atoms with E-state index in [2.05, 4.69) is 63.2 Å². The topological polar surface area (TPSA) is 394 Å². The van der Waals surface area contributed by atoms with Crippen molar-refractivity contribution in [1.29, 1.82) is 0 Å². The monoisotopic (exact) mass is 1380 g/mol. The number of carbonyl (C=O) groups is 10. The first-order chi connectivity index (χ1) is 47.5. The summed E-state index contributed by atoms with van der Waals surface area (Å²) in [6, 6.07) is 13.4. The molecule has 5 heterocycles. The summed E-state index contributed by atoms with van der Waals surface area (Å²) < 4.78 is 15.6. The van der Waals surface area contributed by atoms with Gasteiger partial charge in [0, 0.05) is 39.0 Å². The second-order valence-electron chi connectivity index (χ2n) is 28.1. The van der Waals surface area contributed by atoms with Gasteiger partial charge in [-0.15, -0.1) is 10.2 Å². The highest BCUT2D eigenvalue weighted by Crippen LogP contribution is 2.31. The number of nitrogens with one attached hydrogen (secondary N) is 8. The smallest absolute Gasteiger partial charge is 0.326 e. The fraction of sp³-hybridized carbons (Fsp3) is 0.514. The van der Waals surface area contributed by atoms with Crippen LogP contribution >= 0.6 is 0 Å². The van der Waals surface area contributed by atoms with Crippen LogP contribution in [-0.4, -0.2) is 209 Å². The van der Waals surface area contributed by atoms with Gasteiger partial charge in [-0.25, -0.2) is 9.59 Å². The van der Waals surface area contributed by atoms with Gasteiger partial charge in [0.2, 0.25) is 47.3 Å². The number of amides is 8. The summed E-state index contributed by atoms with van der Waals surface area (Å²) in [5, 5.41) is 64.3. The van der Waals surface area contributed by atoms with E-state index in [4.69, 9.17) is 9.47 Å². The zero-order valence-corrected chi connectivity index (χ0v) is 58.0. The number of carboxylic acid groups (broad SMARTS) is 2. The molecule has 3 aliphatic rings. The number of nitrogens with zero attached hydrogens (tertiary/aromatic N) is 8. The molecule has 0 saturated carbocycles. The van der Waals surface area contributed by atoms with E-state index in [1.54, 1.807) is 81.6 Å². The maximum atomic E-state index is 15.3. The summed E-state index contributed by atoms with van der Waals surface area (Å²) in [5.41, 5.74) is -0.148. The van der Waals surface area contributed by atoms with E-state index in [0.29, 0.717) is 11.1 Å². The number of ether oxygens (including phenoxy) is 2. The highest BCUT2D eigenvalue weighted by atomic mass is 16.5. The molecule has 100 heavy (non-hydrogen) atoms. The van der Waals surface area contributed by atoms with E-state index in [-0.39, 0.29) is 89.3 Å². The molecule has 536 valence electrons. The molecule has 30 nitrogen and oxygen atoms in total. The third-order valence-corrected chi connectivity index (χ3v) is 18.6. The molecule has 2 aromatic heterocycles. The van der Waals surface area contributed by atoms with Crippen molar-refractivity contribution in [1.82, 2.24) is 82.3 Å². The molecule has 10 N–H and O–H groups in total. The molecule has 2 fully saturated rings. The molecule has 0 radical (unpaired) electrons. The molecule has 0 spiro atoms. The van der Waals surface area contributed by atoms with Crippen LogP contribution in [0.3, 0.4) is 0 Å². The van der Waals surface area contributed by atoms with Crippen LogP contribution in [0.1, 0.15) is 104 Å². The predicted octanol–water partition coefficient (Wildman–Crippen LogP) is 1.51. The first-order valence-corrected chi connectivity index (χ1v) is 33.7. The van der Waals surface area contributed by atoms with Gasteiger partial charge in [-0.05, 0) is 97.1 Å². The van der Waals surface area contributed by atoms with E-state index in [1.807, 2.05) is 72.8 Å². The van der Waals surface area contributed by atoms with Crippen molar-refractivity contribution in [3.8, 4) is 0 Å². The molecule has 6 aromatic rings. The number of fused-ring (bicyclic) bond motifs is 8. The van der Waals surface area contributed by atoms with E-state index < -0.39 is 143 Å². The van der Waals surface area contributed by atoms with E-state index in [0.717, 1.165) is 21.5 Å². The quantitative estimate of drug-likeness (QED) is 0.0739. The Balaban J connectivity index is 1.07. The number of likely N-dealkylation sites (N-methyl/N-ethyl adjacent to an activating group) is 2. The van der Waals surface area contributed by atoms with Crippen molar-refractivity contribution >= 4 is 80.7 Å². The number of hydrogen-bond donors (Lipinski definition) is 10. The maximum Gasteiger partial charge on any atom is 0.326 e. The van der Waals surface area contributed by atoms with Gasteiger partial charge in [-0.1, -0.05) is 137 Å². The highest BCUT2D eigenvalue weighted by molar-refractivity contribution is 5.98. The molecular formula is C70H92N16O14. The fourth-order valence-electron chi connectivity index (χ4n) is 12.5. The van der Waals surface area contributed by atoms with Crippen molar-refractivity contribution in [2.75, 3.05) is 27.2 Å². The van der Waals surface area contributed by atoms with Crippen molar-refractivity contribution in [2.45, 2.75) is 193 Å². The number of hydrogen-bond acceptors (Lipinski definition) is 18. The van der Waals surface area contributed by atoms with Gasteiger partial charge in [0.05, 0.1) is 49.9 Å². The largest absolute Gasteiger partial charge is 0.480 e. The number of aryl methyl sites for hydroxylation is 2. The molecule has 8 amide bonds. The lowest BCUT2D eigenvalue weighted by molar-refractivity contribution is -0.147.